The number of carbonyl (C=O) groups excluding carboxylic acids is 1. The summed E-state index contributed by atoms with van der Waals surface area (Å²) in [5, 5.41) is 0. The van der Waals surface area contributed by atoms with Gasteiger partial charge in [0.1, 0.15) is 0 Å². The van der Waals surface area contributed by atoms with Crippen LogP contribution in [0.25, 0.3) is 0 Å². The summed E-state index contributed by atoms with van der Waals surface area (Å²) in [6, 6.07) is 0. The first-order chi connectivity index (χ1) is 10.8. The lowest BCUT2D eigenvalue weighted by Gasteiger charge is -1.93. The van der Waals surface area contributed by atoms with Gasteiger partial charge in [0.2, 0.25) is 0 Å². The summed E-state index contributed by atoms with van der Waals surface area (Å²) in [5.41, 5.74) is 0. The summed E-state index contributed by atoms with van der Waals surface area (Å²) in [5.74, 6) is 11.2. The molecule has 118 valence electrons. The maximum Gasteiger partial charge on any atom is 0.305 e. The van der Waals surface area contributed by atoms with E-state index in [1.165, 1.54) is 20.0 Å². The smallest absolute Gasteiger partial charge is 0.305 e. The van der Waals surface area contributed by atoms with Crippen LogP contribution in [0.2, 0.25) is 0 Å². The molecule has 2 nitrogen and oxygen atoms in total. The molecular formula is C19H23BrO2. The number of hydrogen-bond acceptors (Lipinski definition) is 2. The third-order valence-corrected chi connectivity index (χ3v) is 2.95. The molecule has 0 aromatic heterocycles. The van der Waals surface area contributed by atoms with Crippen LogP contribution in [0.3, 0.4) is 0 Å². The van der Waals surface area contributed by atoms with Crippen LogP contribution in [0.4, 0.5) is 0 Å². The highest BCUT2D eigenvalue weighted by molar-refractivity contribution is 9.11. The van der Waals surface area contributed by atoms with Gasteiger partial charge >= 0.3 is 5.97 Å². The minimum absolute atomic E-state index is 0.189. The Bertz CT molecular complexity index is 493. The number of carbonyl (C=O) groups is 1. The molecule has 0 aliphatic rings. The first-order valence-corrected chi connectivity index (χ1v) is 8.35. The van der Waals surface area contributed by atoms with Crippen molar-refractivity contribution in [2.45, 2.75) is 44.9 Å². The Balaban J connectivity index is 3.56. The first kappa shape index (κ1) is 20.3. The quantitative estimate of drug-likeness (QED) is 0.252. The van der Waals surface area contributed by atoms with Crippen LogP contribution in [-0.4, -0.2) is 13.1 Å². The number of hydrogen-bond donors (Lipinski definition) is 0. The van der Waals surface area contributed by atoms with E-state index in [4.69, 9.17) is 0 Å². The molecule has 0 spiro atoms. The minimum Gasteiger partial charge on any atom is -0.469 e. The summed E-state index contributed by atoms with van der Waals surface area (Å²) in [6.07, 6.45) is 16.4. The number of methoxy groups -OCH3 is 1. The van der Waals surface area contributed by atoms with Gasteiger partial charge in [-0.15, -0.1) is 0 Å². The predicted molar refractivity (Wildman–Crippen MR) is 96.2 cm³/mol. The molecule has 0 aromatic rings. The molecular weight excluding hydrogens is 340 g/mol. The lowest BCUT2D eigenvalue weighted by Crippen LogP contribution is -1.98. The van der Waals surface area contributed by atoms with Gasteiger partial charge in [-0.2, -0.15) is 0 Å². The van der Waals surface area contributed by atoms with Crippen molar-refractivity contribution in [2.24, 2.45) is 0 Å². The molecule has 0 aliphatic heterocycles. The fourth-order valence-corrected chi connectivity index (χ4v) is 1.67. The third-order valence-electron chi connectivity index (χ3n) is 2.65. The molecule has 0 atom stereocenters. The largest absolute Gasteiger partial charge is 0.469 e. The molecule has 0 aromatic carbocycles. The third kappa shape index (κ3) is 16.3. The molecule has 0 bridgehead atoms. The van der Waals surface area contributed by atoms with E-state index in [0.29, 0.717) is 12.8 Å². The number of rotatable bonds is 9. The van der Waals surface area contributed by atoms with Crippen molar-refractivity contribution >= 4 is 21.9 Å². The molecule has 0 N–H and O–H groups in total. The summed E-state index contributed by atoms with van der Waals surface area (Å²) in [4.78, 5) is 12.7. The molecule has 0 fully saturated rings. The number of ether oxygens (including phenoxy) is 1. The molecule has 0 saturated heterocycles. The van der Waals surface area contributed by atoms with E-state index in [-0.39, 0.29) is 5.97 Å². The van der Waals surface area contributed by atoms with Gasteiger partial charge in [-0.25, -0.2) is 0 Å². The molecule has 0 heterocycles. The Morgan fingerprint density at radius 3 is 2.59 bits per heavy atom. The SMILES string of the molecule is COC(=O)CCCC#CC#C/C=C\CCCC/C=C\C=C\Br. The second-order valence-corrected chi connectivity index (χ2v) is 4.96. The average Bonchev–Trinajstić information content (AvgIpc) is 2.54. The Kier molecular flexibility index (Phi) is 16.0. The highest BCUT2D eigenvalue weighted by Crippen LogP contribution is 2.01. The van der Waals surface area contributed by atoms with Crippen LogP contribution < -0.4 is 0 Å². The number of unbranched alkanes of at least 4 members (excludes halogenated alkanes) is 4. The van der Waals surface area contributed by atoms with Crippen molar-refractivity contribution < 1.29 is 9.53 Å². The zero-order valence-corrected chi connectivity index (χ0v) is 14.7. The van der Waals surface area contributed by atoms with Gasteiger partial charge in [-0.3, -0.25) is 4.79 Å². The lowest BCUT2D eigenvalue weighted by atomic mass is 10.2. The van der Waals surface area contributed by atoms with Crippen molar-refractivity contribution in [1.29, 1.82) is 0 Å². The monoisotopic (exact) mass is 362 g/mol. The summed E-state index contributed by atoms with van der Waals surface area (Å²) in [6.45, 7) is 0. The fraction of sp³-hybridized carbons (Fsp3) is 0.421. The standard InChI is InChI=1S/C19H23BrO2/c1-22-19(21)17-15-13-11-9-7-5-3-2-4-6-8-10-12-14-16-18-20/h2-3,12,14,16,18H,4,6,8,10,13,15,17H2,1H3/b3-2-,14-12-,18-16+. The van der Waals surface area contributed by atoms with Crippen LogP contribution in [0, 0.1) is 23.7 Å². The highest BCUT2D eigenvalue weighted by atomic mass is 79.9. The van der Waals surface area contributed by atoms with Crippen molar-refractivity contribution in [1.82, 2.24) is 0 Å². The average molecular weight is 363 g/mol. The predicted octanol–water partition coefficient (Wildman–Crippen LogP) is 4.92. The molecule has 22 heavy (non-hydrogen) atoms. The summed E-state index contributed by atoms with van der Waals surface area (Å²) in [7, 11) is 1.39. The van der Waals surface area contributed by atoms with E-state index >= 15 is 0 Å². The van der Waals surface area contributed by atoms with Gasteiger partial charge in [-0.05, 0) is 55.0 Å². The van der Waals surface area contributed by atoms with E-state index in [1.807, 2.05) is 23.2 Å². The molecule has 0 rings (SSSR count). The second kappa shape index (κ2) is 17.3. The topological polar surface area (TPSA) is 26.3 Å². The van der Waals surface area contributed by atoms with Crippen LogP contribution in [0.15, 0.2) is 35.4 Å². The Morgan fingerprint density at radius 1 is 1.09 bits per heavy atom. The Labute approximate surface area is 142 Å². The van der Waals surface area contributed by atoms with Crippen LogP contribution in [0.1, 0.15) is 44.9 Å². The maximum atomic E-state index is 10.8. The Morgan fingerprint density at radius 2 is 1.86 bits per heavy atom. The molecule has 3 heteroatoms. The van der Waals surface area contributed by atoms with E-state index in [2.05, 4.69) is 56.5 Å². The lowest BCUT2D eigenvalue weighted by molar-refractivity contribution is -0.140. The van der Waals surface area contributed by atoms with Gasteiger partial charge in [0.15, 0.2) is 0 Å². The number of esters is 1. The maximum absolute atomic E-state index is 10.8. The van der Waals surface area contributed by atoms with Crippen LogP contribution in [-0.2, 0) is 9.53 Å². The molecule has 0 radical (unpaired) electrons. The number of halogens is 1. The van der Waals surface area contributed by atoms with Crippen molar-refractivity contribution in [3.05, 3.63) is 35.4 Å². The van der Waals surface area contributed by atoms with Gasteiger partial charge in [0, 0.05) is 12.8 Å². The minimum atomic E-state index is -0.189. The second-order valence-electron chi connectivity index (χ2n) is 4.43. The van der Waals surface area contributed by atoms with Crippen LogP contribution >= 0.6 is 15.9 Å². The van der Waals surface area contributed by atoms with Crippen molar-refractivity contribution in [3.8, 4) is 23.7 Å². The molecule has 0 saturated carbocycles. The highest BCUT2D eigenvalue weighted by Gasteiger charge is 1.96. The van der Waals surface area contributed by atoms with Crippen molar-refractivity contribution in [3.63, 3.8) is 0 Å². The Hall–Kier alpha value is -1.71. The molecule has 0 amide bonds. The van der Waals surface area contributed by atoms with E-state index in [1.54, 1.807) is 0 Å². The summed E-state index contributed by atoms with van der Waals surface area (Å²) >= 11 is 3.22. The van der Waals surface area contributed by atoms with Gasteiger partial charge in [-0.1, -0.05) is 52.1 Å². The zero-order chi connectivity index (χ0) is 16.3. The molecule has 0 aliphatic carbocycles. The normalized spacial score (nSPS) is 10.5. The first-order valence-electron chi connectivity index (χ1n) is 7.43. The van der Waals surface area contributed by atoms with Gasteiger partial charge < -0.3 is 4.74 Å². The molecule has 0 unspecified atom stereocenters. The zero-order valence-electron chi connectivity index (χ0n) is 13.1. The van der Waals surface area contributed by atoms with Gasteiger partial charge in [0.05, 0.1) is 7.11 Å². The van der Waals surface area contributed by atoms with Gasteiger partial charge in [0.25, 0.3) is 0 Å². The number of allylic oxidation sites excluding steroid dienone is 5. The van der Waals surface area contributed by atoms with E-state index in [0.717, 1.165) is 19.3 Å². The van der Waals surface area contributed by atoms with E-state index in [9.17, 15) is 4.79 Å². The summed E-state index contributed by atoms with van der Waals surface area (Å²) < 4.78 is 4.54. The van der Waals surface area contributed by atoms with Crippen LogP contribution in [0.5, 0.6) is 0 Å². The van der Waals surface area contributed by atoms with E-state index < -0.39 is 0 Å². The van der Waals surface area contributed by atoms with Crippen molar-refractivity contribution in [2.75, 3.05) is 7.11 Å². The fourth-order valence-electron chi connectivity index (χ4n) is 1.49.